The number of nitrogens with one attached hydrogen (secondary N) is 2. The molecular formula is C15H13F3N2O3S. The first-order chi connectivity index (χ1) is 11.1. The van der Waals surface area contributed by atoms with Crippen molar-refractivity contribution in [1.82, 2.24) is 0 Å². The monoisotopic (exact) mass is 358 g/mol. The van der Waals surface area contributed by atoms with Gasteiger partial charge < -0.3 is 5.32 Å². The van der Waals surface area contributed by atoms with Crippen LogP contribution in [0.5, 0.6) is 0 Å². The summed E-state index contributed by atoms with van der Waals surface area (Å²) in [5.74, 6) is -2.13. The van der Waals surface area contributed by atoms with Crippen LogP contribution in [-0.4, -0.2) is 20.5 Å². The number of aryl methyl sites for hydroxylation is 1. The number of anilines is 2. The van der Waals surface area contributed by atoms with E-state index in [9.17, 15) is 26.4 Å². The molecule has 0 radical (unpaired) electrons. The van der Waals surface area contributed by atoms with Crippen molar-refractivity contribution in [3.63, 3.8) is 0 Å². The Labute approximate surface area is 136 Å². The Kier molecular flexibility index (Phi) is 4.83. The van der Waals surface area contributed by atoms with Gasteiger partial charge in [-0.2, -0.15) is 13.2 Å². The second-order valence-electron chi connectivity index (χ2n) is 4.90. The van der Waals surface area contributed by atoms with Crippen molar-refractivity contribution in [2.75, 3.05) is 10.0 Å². The number of hydrogen-bond donors (Lipinski definition) is 2. The minimum Gasteiger partial charge on any atom is -0.318 e. The Balaban J connectivity index is 2.18. The number of carbonyl (C=O) groups is 1. The van der Waals surface area contributed by atoms with Crippen molar-refractivity contribution in [3.05, 3.63) is 54.1 Å². The predicted octanol–water partition coefficient (Wildman–Crippen LogP) is 3.30. The van der Waals surface area contributed by atoms with Crippen molar-refractivity contribution in [2.24, 2.45) is 0 Å². The van der Waals surface area contributed by atoms with Gasteiger partial charge in [-0.25, -0.2) is 8.42 Å². The third-order valence-electron chi connectivity index (χ3n) is 3.07. The van der Waals surface area contributed by atoms with Gasteiger partial charge in [-0.1, -0.05) is 18.2 Å². The molecule has 0 unspecified atom stereocenters. The average molecular weight is 358 g/mol. The predicted molar refractivity (Wildman–Crippen MR) is 83.1 cm³/mol. The summed E-state index contributed by atoms with van der Waals surface area (Å²) >= 11 is 0. The van der Waals surface area contributed by atoms with Gasteiger partial charge in [0.25, 0.3) is 10.0 Å². The first-order valence-corrected chi connectivity index (χ1v) is 8.14. The van der Waals surface area contributed by atoms with Crippen LogP contribution in [-0.2, 0) is 14.8 Å². The number of sulfonamides is 1. The van der Waals surface area contributed by atoms with E-state index in [0.29, 0.717) is 5.69 Å². The quantitative estimate of drug-likeness (QED) is 0.881. The van der Waals surface area contributed by atoms with Crippen LogP contribution >= 0.6 is 0 Å². The Morgan fingerprint density at radius 3 is 2.12 bits per heavy atom. The molecule has 2 N–H and O–H groups in total. The van der Waals surface area contributed by atoms with Gasteiger partial charge >= 0.3 is 12.1 Å². The molecule has 0 saturated heterocycles. The van der Waals surface area contributed by atoms with E-state index in [-0.39, 0.29) is 10.6 Å². The van der Waals surface area contributed by atoms with E-state index in [2.05, 4.69) is 4.72 Å². The van der Waals surface area contributed by atoms with Gasteiger partial charge in [0.1, 0.15) is 0 Å². The molecule has 0 aromatic heterocycles. The van der Waals surface area contributed by atoms with Gasteiger partial charge in [-0.3, -0.25) is 9.52 Å². The molecule has 0 bridgehead atoms. The van der Waals surface area contributed by atoms with Crippen LogP contribution in [0.15, 0.2) is 53.4 Å². The van der Waals surface area contributed by atoms with Crippen LogP contribution in [0, 0.1) is 6.92 Å². The maximum Gasteiger partial charge on any atom is 0.471 e. The third-order valence-corrected chi connectivity index (χ3v) is 4.45. The summed E-state index contributed by atoms with van der Waals surface area (Å²) in [6, 6.07) is 11.1. The van der Waals surface area contributed by atoms with Gasteiger partial charge in [0.2, 0.25) is 0 Å². The van der Waals surface area contributed by atoms with E-state index in [1.54, 1.807) is 36.5 Å². The van der Waals surface area contributed by atoms with Gasteiger partial charge in [0, 0.05) is 5.69 Å². The Bertz CT molecular complexity index is 847. The largest absolute Gasteiger partial charge is 0.471 e. The van der Waals surface area contributed by atoms with E-state index in [1.807, 2.05) is 0 Å². The highest BCUT2D eigenvalue weighted by atomic mass is 32.2. The molecule has 0 spiro atoms. The zero-order chi connectivity index (χ0) is 18.0. The van der Waals surface area contributed by atoms with Gasteiger partial charge in [0.15, 0.2) is 0 Å². The molecule has 2 aromatic rings. The van der Waals surface area contributed by atoms with Crippen LogP contribution in [0.3, 0.4) is 0 Å². The summed E-state index contributed by atoms with van der Waals surface area (Å²) in [5, 5.41) is 1.64. The molecule has 0 saturated carbocycles. The topological polar surface area (TPSA) is 75.3 Å². The lowest BCUT2D eigenvalue weighted by Crippen LogP contribution is -2.29. The zero-order valence-corrected chi connectivity index (χ0v) is 13.2. The lowest BCUT2D eigenvalue weighted by Gasteiger charge is -2.11. The van der Waals surface area contributed by atoms with Gasteiger partial charge in [0.05, 0.1) is 10.6 Å². The minimum absolute atomic E-state index is 0.143. The summed E-state index contributed by atoms with van der Waals surface area (Å²) in [7, 11) is -3.89. The number of hydrogen-bond acceptors (Lipinski definition) is 3. The SMILES string of the molecule is Cc1ccccc1NS(=O)(=O)c1ccc(NC(=O)C(F)(F)F)cc1. The molecular weight excluding hydrogens is 345 g/mol. The molecule has 1 amide bonds. The third kappa shape index (κ3) is 4.25. The second kappa shape index (κ2) is 6.52. The highest BCUT2D eigenvalue weighted by Crippen LogP contribution is 2.22. The van der Waals surface area contributed by atoms with Crippen LogP contribution in [0.4, 0.5) is 24.5 Å². The van der Waals surface area contributed by atoms with Crippen LogP contribution in [0.2, 0.25) is 0 Å². The van der Waals surface area contributed by atoms with E-state index in [0.717, 1.165) is 29.8 Å². The molecule has 5 nitrogen and oxygen atoms in total. The zero-order valence-electron chi connectivity index (χ0n) is 12.4. The van der Waals surface area contributed by atoms with Gasteiger partial charge in [-0.05, 0) is 42.8 Å². The van der Waals surface area contributed by atoms with Crippen molar-refractivity contribution < 1.29 is 26.4 Å². The number of carbonyl (C=O) groups excluding carboxylic acids is 1. The van der Waals surface area contributed by atoms with E-state index in [4.69, 9.17) is 0 Å². The number of alkyl halides is 3. The molecule has 0 atom stereocenters. The number of rotatable bonds is 4. The number of amides is 1. The molecule has 0 aliphatic rings. The van der Waals surface area contributed by atoms with Gasteiger partial charge in [-0.15, -0.1) is 0 Å². The number of para-hydroxylation sites is 1. The highest BCUT2D eigenvalue weighted by Gasteiger charge is 2.38. The highest BCUT2D eigenvalue weighted by molar-refractivity contribution is 7.92. The Hall–Kier alpha value is -2.55. The van der Waals surface area contributed by atoms with E-state index < -0.39 is 22.1 Å². The first-order valence-electron chi connectivity index (χ1n) is 6.66. The Morgan fingerprint density at radius 1 is 1.00 bits per heavy atom. The summed E-state index contributed by atoms with van der Waals surface area (Å²) in [6.45, 7) is 1.73. The normalized spacial score (nSPS) is 11.8. The fraction of sp³-hybridized carbons (Fsp3) is 0.133. The molecule has 128 valence electrons. The lowest BCUT2D eigenvalue weighted by atomic mass is 10.2. The van der Waals surface area contributed by atoms with E-state index >= 15 is 0 Å². The number of benzene rings is 2. The molecule has 2 rings (SSSR count). The molecule has 0 aliphatic carbocycles. The fourth-order valence-electron chi connectivity index (χ4n) is 1.81. The average Bonchev–Trinajstić information content (AvgIpc) is 2.49. The molecule has 0 heterocycles. The summed E-state index contributed by atoms with van der Waals surface area (Å²) in [5.41, 5.74) is 0.953. The smallest absolute Gasteiger partial charge is 0.318 e. The molecule has 9 heteroatoms. The van der Waals surface area contributed by atoms with Crippen molar-refractivity contribution in [2.45, 2.75) is 18.0 Å². The summed E-state index contributed by atoms with van der Waals surface area (Å²) in [4.78, 5) is 10.7. The summed E-state index contributed by atoms with van der Waals surface area (Å²) in [6.07, 6.45) is -5.02. The molecule has 2 aromatic carbocycles. The van der Waals surface area contributed by atoms with Crippen LogP contribution < -0.4 is 10.0 Å². The molecule has 0 aliphatic heterocycles. The standard InChI is InChI=1S/C15H13F3N2O3S/c1-10-4-2-3-5-13(10)20-24(22,23)12-8-6-11(7-9-12)19-14(21)15(16,17)18/h2-9,20H,1H3,(H,19,21). The lowest BCUT2D eigenvalue weighted by molar-refractivity contribution is -0.167. The second-order valence-corrected chi connectivity index (χ2v) is 6.58. The molecule has 0 fully saturated rings. The van der Waals surface area contributed by atoms with Crippen molar-refractivity contribution in [1.29, 1.82) is 0 Å². The molecule has 24 heavy (non-hydrogen) atoms. The maximum absolute atomic E-state index is 12.3. The maximum atomic E-state index is 12.3. The fourth-order valence-corrected chi connectivity index (χ4v) is 2.94. The number of halogens is 3. The van der Waals surface area contributed by atoms with Crippen LogP contribution in [0.1, 0.15) is 5.56 Å². The van der Waals surface area contributed by atoms with Crippen molar-refractivity contribution in [3.8, 4) is 0 Å². The Morgan fingerprint density at radius 2 is 1.58 bits per heavy atom. The van der Waals surface area contributed by atoms with Crippen LogP contribution in [0.25, 0.3) is 0 Å². The first kappa shape index (κ1) is 17.8. The van der Waals surface area contributed by atoms with Crippen molar-refractivity contribution >= 4 is 27.3 Å². The minimum atomic E-state index is -5.02. The van der Waals surface area contributed by atoms with E-state index in [1.165, 1.54) is 0 Å². The summed E-state index contributed by atoms with van der Waals surface area (Å²) < 4.78 is 63.4.